The zero-order valence-electron chi connectivity index (χ0n) is 16.6. The van der Waals surface area contributed by atoms with Crippen LogP contribution in [0.2, 0.25) is 0 Å². The quantitative estimate of drug-likeness (QED) is 0.766. The minimum absolute atomic E-state index is 0.0384. The molecule has 1 aliphatic heterocycles. The Morgan fingerprint density at radius 3 is 2.48 bits per heavy atom. The van der Waals surface area contributed by atoms with Gasteiger partial charge in [0.15, 0.2) is 23.0 Å². The number of guanidine groups is 1. The average molecular weight is 373 g/mol. The molecule has 6 heteroatoms. The number of hydrogen-bond acceptors (Lipinski definition) is 4. The van der Waals surface area contributed by atoms with Crippen molar-refractivity contribution >= 4 is 11.9 Å². The highest BCUT2D eigenvalue weighted by molar-refractivity contribution is 6.07. The zero-order valence-corrected chi connectivity index (χ0v) is 16.6. The van der Waals surface area contributed by atoms with Crippen molar-refractivity contribution in [3.05, 3.63) is 24.3 Å². The largest absolute Gasteiger partial charge is 0.487 e. The van der Waals surface area contributed by atoms with Crippen LogP contribution in [0, 0.1) is 11.3 Å². The first kappa shape index (κ1) is 19.5. The molecule has 148 valence electrons. The minimum Gasteiger partial charge on any atom is -0.487 e. The standard InChI is InChI=1S/C21H31N3O3/c1-15(2)27-18-12-8-7-11-17(18)26-14-21(13-16-9-5-4-6-10-16)19(25)24(3)20(22)23-21/h7-8,11-12,15-16H,4-6,9-10,13-14H2,1-3H3,(H2,22,23). The third kappa shape index (κ3) is 4.37. The van der Waals surface area contributed by atoms with Crippen LogP contribution in [-0.4, -0.2) is 42.1 Å². The van der Waals surface area contributed by atoms with E-state index in [2.05, 4.69) is 5.32 Å². The lowest BCUT2D eigenvalue weighted by atomic mass is 9.79. The van der Waals surface area contributed by atoms with Gasteiger partial charge in [0.25, 0.3) is 5.91 Å². The molecule has 0 bridgehead atoms. The Hall–Kier alpha value is -2.24. The summed E-state index contributed by atoms with van der Waals surface area (Å²) in [7, 11) is 1.65. The Balaban J connectivity index is 1.78. The molecule has 1 unspecified atom stereocenters. The fraction of sp³-hybridized carbons (Fsp3) is 0.619. The van der Waals surface area contributed by atoms with E-state index in [9.17, 15) is 4.79 Å². The normalized spacial score (nSPS) is 23.6. The second-order valence-electron chi connectivity index (χ2n) is 8.03. The molecular weight excluding hydrogens is 342 g/mol. The lowest BCUT2D eigenvalue weighted by Gasteiger charge is -2.32. The highest BCUT2D eigenvalue weighted by atomic mass is 16.5. The van der Waals surface area contributed by atoms with Gasteiger partial charge in [-0.3, -0.25) is 15.1 Å². The molecule has 6 nitrogen and oxygen atoms in total. The maximum Gasteiger partial charge on any atom is 0.258 e. The molecule has 0 spiro atoms. The molecule has 1 saturated carbocycles. The summed E-state index contributed by atoms with van der Waals surface area (Å²) in [6.07, 6.45) is 6.73. The van der Waals surface area contributed by atoms with E-state index in [4.69, 9.17) is 14.9 Å². The predicted octanol–water partition coefficient (Wildman–Crippen LogP) is 3.56. The van der Waals surface area contributed by atoms with Crippen LogP contribution in [0.3, 0.4) is 0 Å². The molecule has 1 amide bonds. The van der Waals surface area contributed by atoms with Crippen molar-refractivity contribution < 1.29 is 14.3 Å². The van der Waals surface area contributed by atoms with Crippen LogP contribution in [0.15, 0.2) is 24.3 Å². The first-order valence-corrected chi connectivity index (χ1v) is 9.95. The molecule has 1 atom stereocenters. The Morgan fingerprint density at radius 2 is 1.89 bits per heavy atom. The molecular formula is C21H31N3O3. The maximum atomic E-state index is 13.0. The minimum atomic E-state index is -0.876. The predicted molar refractivity (Wildman–Crippen MR) is 105 cm³/mol. The van der Waals surface area contributed by atoms with Crippen LogP contribution < -0.4 is 14.8 Å². The Bertz CT molecular complexity index is 685. The second-order valence-corrected chi connectivity index (χ2v) is 8.03. The van der Waals surface area contributed by atoms with Crippen molar-refractivity contribution in [2.45, 2.75) is 64.0 Å². The van der Waals surface area contributed by atoms with E-state index < -0.39 is 5.54 Å². The van der Waals surface area contributed by atoms with Crippen molar-refractivity contribution in [2.75, 3.05) is 13.7 Å². The van der Waals surface area contributed by atoms with Gasteiger partial charge in [0.2, 0.25) is 0 Å². The third-order valence-corrected chi connectivity index (χ3v) is 5.45. The summed E-state index contributed by atoms with van der Waals surface area (Å²) >= 11 is 0. The van der Waals surface area contributed by atoms with Gasteiger partial charge < -0.3 is 14.8 Å². The number of nitrogens with one attached hydrogen (secondary N) is 2. The Kier molecular flexibility index (Phi) is 5.92. The van der Waals surface area contributed by atoms with Crippen LogP contribution in [0.5, 0.6) is 11.5 Å². The summed E-state index contributed by atoms with van der Waals surface area (Å²) in [6, 6.07) is 7.54. The summed E-state index contributed by atoms with van der Waals surface area (Å²) in [5.41, 5.74) is -0.876. The Morgan fingerprint density at radius 1 is 1.22 bits per heavy atom. The van der Waals surface area contributed by atoms with Gasteiger partial charge in [0, 0.05) is 7.05 Å². The summed E-state index contributed by atoms with van der Waals surface area (Å²) in [6.45, 7) is 4.13. The molecule has 1 aliphatic carbocycles. The van der Waals surface area contributed by atoms with Crippen molar-refractivity contribution in [2.24, 2.45) is 5.92 Å². The molecule has 2 fully saturated rings. The fourth-order valence-corrected chi connectivity index (χ4v) is 4.09. The number of ether oxygens (including phenoxy) is 2. The molecule has 0 aromatic heterocycles. The summed E-state index contributed by atoms with van der Waals surface area (Å²) in [5.74, 6) is 1.85. The molecule has 1 aromatic carbocycles. The first-order chi connectivity index (χ1) is 12.9. The number of para-hydroxylation sites is 2. The highest BCUT2D eigenvalue weighted by Crippen LogP contribution is 2.35. The van der Waals surface area contributed by atoms with E-state index in [1.807, 2.05) is 38.1 Å². The lowest BCUT2D eigenvalue weighted by molar-refractivity contribution is -0.132. The van der Waals surface area contributed by atoms with Gasteiger partial charge in [-0.05, 0) is 38.3 Å². The number of benzene rings is 1. The van der Waals surface area contributed by atoms with Gasteiger partial charge >= 0.3 is 0 Å². The van der Waals surface area contributed by atoms with Crippen LogP contribution in [0.25, 0.3) is 0 Å². The fourth-order valence-electron chi connectivity index (χ4n) is 4.09. The number of nitrogens with zero attached hydrogens (tertiary/aromatic N) is 1. The molecule has 2 aliphatic rings. The number of amides is 1. The zero-order chi connectivity index (χ0) is 19.4. The van der Waals surface area contributed by atoms with Crippen molar-refractivity contribution in [1.29, 1.82) is 5.41 Å². The van der Waals surface area contributed by atoms with E-state index in [0.717, 1.165) is 12.8 Å². The number of carbonyl (C=O) groups excluding carboxylic acids is 1. The SMILES string of the molecule is CC(C)Oc1ccccc1OCC1(CC2CCCCC2)NC(=N)N(C)C1=O. The van der Waals surface area contributed by atoms with E-state index >= 15 is 0 Å². The monoisotopic (exact) mass is 373 g/mol. The van der Waals surface area contributed by atoms with E-state index in [1.165, 1.54) is 24.2 Å². The van der Waals surface area contributed by atoms with Gasteiger partial charge in [-0.1, -0.05) is 44.2 Å². The van der Waals surface area contributed by atoms with Gasteiger partial charge in [0.1, 0.15) is 6.61 Å². The second kappa shape index (κ2) is 8.19. The topological polar surface area (TPSA) is 74.7 Å². The van der Waals surface area contributed by atoms with Gasteiger partial charge in [-0.2, -0.15) is 0 Å². The number of likely N-dealkylation sites (N-methyl/N-ethyl adjacent to an activating group) is 1. The van der Waals surface area contributed by atoms with Gasteiger partial charge in [0.05, 0.1) is 6.10 Å². The molecule has 1 saturated heterocycles. The first-order valence-electron chi connectivity index (χ1n) is 9.95. The van der Waals surface area contributed by atoms with E-state index in [0.29, 0.717) is 23.8 Å². The number of carbonyl (C=O) groups is 1. The molecule has 0 radical (unpaired) electrons. The average Bonchev–Trinajstić information content (AvgIpc) is 2.85. The van der Waals surface area contributed by atoms with Crippen LogP contribution >= 0.6 is 0 Å². The van der Waals surface area contributed by atoms with Crippen LogP contribution in [-0.2, 0) is 4.79 Å². The van der Waals surface area contributed by atoms with Gasteiger partial charge in [-0.25, -0.2) is 0 Å². The number of rotatable bonds is 7. The molecule has 27 heavy (non-hydrogen) atoms. The molecule has 3 rings (SSSR count). The van der Waals surface area contributed by atoms with Crippen molar-refractivity contribution in [3.8, 4) is 11.5 Å². The lowest BCUT2D eigenvalue weighted by Crippen LogP contribution is -2.53. The summed E-state index contributed by atoms with van der Waals surface area (Å²) in [4.78, 5) is 14.4. The maximum absolute atomic E-state index is 13.0. The van der Waals surface area contributed by atoms with Crippen LogP contribution in [0.4, 0.5) is 0 Å². The van der Waals surface area contributed by atoms with E-state index in [1.54, 1.807) is 7.05 Å². The third-order valence-electron chi connectivity index (χ3n) is 5.45. The van der Waals surface area contributed by atoms with Crippen molar-refractivity contribution in [1.82, 2.24) is 10.2 Å². The summed E-state index contributed by atoms with van der Waals surface area (Å²) < 4.78 is 11.9. The molecule has 2 N–H and O–H groups in total. The molecule has 1 heterocycles. The molecule has 1 aromatic rings. The highest BCUT2D eigenvalue weighted by Gasteiger charge is 2.50. The van der Waals surface area contributed by atoms with Crippen LogP contribution in [0.1, 0.15) is 52.4 Å². The van der Waals surface area contributed by atoms with E-state index in [-0.39, 0.29) is 24.6 Å². The van der Waals surface area contributed by atoms with Gasteiger partial charge in [-0.15, -0.1) is 0 Å². The smallest absolute Gasteiger partial charge is 0.258 e. The summed E-state index contributed by atoms with van der Waals surface area (Å²) in [5, 5.41) is 11.2. The van der Waals surface area contributed by atoms with Crippen molar-refractivity contribution in [3.63, 3.8) is 0 Å². The Labute approximate surface area is 161 Å². The number of hydrogen-bond donors (Lipinski definition) is 2.